The molecule has 228 valence electrons. The normalized spacial score (nSPS) is 24.7. The first-order valence-corrected chi connectivity index (χ1v) is 14.8. The Morgan fingerprint density at radius 1 is 1.14 bits per heavy atom. The number of aromatic hydroxyl groups is 1. The molecule has 1 aromatic carbocycles. The van der Waals surface area contributed by atoms with Crippen LogP contribution in [0.4, 0.5) is 0 Å². The van der Waals surface area contributed by atoms with Gasteiger partial charge in [0.15, 0.2) is 11.4 Å². The number of hydrogen-bond donors (Lipinski definition) is 4. The Bertz CT molecular complexity index is 1740. The molecule has 1 amide bonds. The van der Waals surface area contributed by atoms with Crippen molar-refractivity contribution in [2.75, 3.05) is 13.1 Å². The largest absolute Gasteiger partial charge is 0.507 e. The fourth-order valence-corrected chi connectivity index (χ4v) is 6.50. The van der Waals surface area contributed by atoms with Gasteiger partial charge in [0.25, 0.3) is 11.5 Å². The summed E-state index contributed by atoms with van der Waals surface area (Å²) in [6, 6.07) is 0. The van der Waals surface area contributed by atoms with Crippen LogP contribution in [-0.4, -0.2) is 66.8 Å². The number of allylic oxidation sites excluding steroid dienone is 3. The van der Waals surface area contributed by atoms with Crippen LogP contribution in [0.5, 0.6) is 11.5 Å². The van der Waals surface area contributed by atoms with E-state index in [1.54, 1.807) is 27.0 Å². The average molecular weight is 590 g/mol. The second kappa shape index (κ2) is 10.8. The predicted molar refractivity (Wildman–Crippen MR) is 163 cm³/mol. The third-order valence-electron chi connectivity index (χ3n) is 9.41. The monoisotopic (exact) mass is 589 g/mol. The van der Waals surface area contributed by atoms with Gasteiger partial charge in [0, 0.05) is 48.0 Å². The maximum Gasteiger partial charge on any atom is 0.270 e. The van der Waals surface area contributed by atoms with Crippen molar-refractivity contribution in [2.24, 2.45) is 7.05 Å². The summed E-state index contributed by atoms with van der Waals surface area (Å²) in [6.07, 6.45) is 5.16. The van der Waals surface area contributed by atoms with Crippen molar-refractivity contribution in [2.45, 2.75) is 78.9 Å². The second-order valence-corrected chi connectivity index (χ2v) is 11.9. The molecule has 10 nitrogen and oxygen atoms in total. The number of ether oxygens (including phenoxy) is 1. The van der Waals surface area contributed by atoms with Gasteiger partial charge in [-0.2, -0.15) is 0 Å². The number of aromatic nitrogens is 2. The molecule has 2 aromatic rings. The number of hydrogen-bond acceptors (Lipinski definition) is 6. The van der Waals surface area contributed by atoms with E-state index in [0.717, 1.165) is 35.5 Å². The molecule has 4 N–H and O–H groups in total. The van der Waals surface area contributed by atoms with E-state index in [2.05, 4.69) is 15.0 Å². The maximum absolute atomic E-state index is 14.0. The van der Waals surface area contributed by atoms with Gasteiger partial charge in [-0.3, -0.25) is 24.2 Å². The van der Waals surface area contributed by atoms with E-state index in [1.165, 1.54) is 4.68 Å². The highest BCUT2D eigenvalue weighted by atomic mass is 16.5. The summed E-state index contributed by atoms with van der Waals surface area (Å²) < 4.78 is 9.82. The number of ketones is 1. The summed E-state index contributed by atoms with van der Waals surface area (Å²) in [4.78, 5) is 40.3. The number of aryl methyl sites for hydroxylation is 2. The Labute approximate surface area is 251 Å². The Kier molecular flexibility index (Phi) is 7.62. The Balaban J connectivity index is 1.53. The van der Waals surface area contributed by atoms with Gasteiger partial charge < -0.3 is 20.3 Å². The molecule has 10 heteroatoms. The van der Waals surface area contributed by atoms with E-state index in [1.807, 2.05) is 46.8 Å². The van der Waals surface area contributed by atoms with E-state index >= 15 is 0 Å². The number of aliphatic hydroxyl groups excluding tert-OH is 1. The van der Waals surface area contributed by atoms with Gasteiger partial charge in [0.1, 0.15) is 24.6 Å². The zero-order chi connectivity index (χ0) is 31.5. The number of nitrogens with zero attached hydrogens (tertiary/aromatic N) is 2. The summed E-state index contributed by atoms with van der Waals surface area (Å²) in [5, 5.41) is 27.7. The Hall–Kier alpha value is -4.18. The molecular weight excluding hydrogens is 548 g/mol. The number of aromatic amines is 1. The molecule has 1 aliphatic heterocycles. The van der Waals surface area contributed by atoms with E-state index in [4.69, 9.17) is 4.74 Å². The molecule has 0 bridgehead atoms. The molecule has 3 aliphatic rings. The number of carbonyl (C=O) groups excluding carboxylic acids is 2. The lowest BCUT2D eigenvalue weighted by Crippen LogP contribution is -2.52. The molecule has 2 heterocycles. The summed E-state index contributed by atoms with van der Waals surface area (Å²) in [5.41, 5.74) is 4.18. The van der Waals surface area contributed by atoms with Crippen LogP contribution in [0.1, 0.15) is 66.6 Å². The lowest BCUT2D eigenvalue weighted by Gasteiger charge is -2.38. The molecule has 1 fully saturated rings. The molecule has 3 unspecified atom stereocenters. The SMILES string of the molecule is CC[N+](CC)=C1C=C/C(=C2\C(=O)C(c3c(C)[nH]n(C)c3=O)C2O)C(NC(=O)C2(C)CCc3c(C)c(O)c(C)c(C)c3O2)=C1. The number of phenolic OH excluding ortho intramolecular Hbond substituents is 1. The van der Waals surface area contributed by atoms with Crippen LogP contribution in [0.2, 0.25) is 0 Å². The molecule has 2 aliphatic carbocycles. The Morgan fingerprint density at radius 2 is 1.81 bits per heavy atom. The molecule has 0 spiro atoms. The number of Topliss-reactive ketones (excluding diaryl/α,β-unsaturated/α-hetero) is 1. The molecule has 0 saturated heterocycles. The molecule has 43 heavy (non-hydrogen) atoms. The van der Waals surface area contributed by atoms with E-state index in [-0.39, 0.29) is 34.1 Å². The number of fused-ring (bicyclic) bond motifs is 1. The average Bonchev–Trinajstić information content (AvgIpc) is 3.22. The van der Waals surface area contributed by atoms with Crippen molar-refractivity contribution in [1.82, 2.24) is 15.1 Å². The topological polar surface area (TPSA) is 137 Å². The van der Waals surface area contributed by atoms with Crippen LogP contribution in [0.15, 0.2) is 39.9 Å². The van der Waals surface area contributed by atoms with Crippen LogP contribution < -0.4 is 15.6 Å². The van der Waals surface area contributed by atoms with Crippen molar-refractivity contribution in [1.29, 1.82) is 0 Å². The van der Waals surface area contributed by atoms with Gasteiger partial charge >= 0.3 is 0 Å². The van der Waals surface area contributed by atoms with E-state index in [0.29, 0.717) is 41.1 Å². The highest BCUT2D eigenvalue weighted by molar-refractivity contribution is 6.13. The number of H-pyrrole nitrogens is 1. The van der Waals surface area contributed by atoms with Crippen molar-refractivity contribution in [3.8, 4) is 11.5 Å². The fourth-order valence-electron chi connectivity index (χ4n) is 6.50. The Morgan fingerprint density at radius 3 is 2.40 bits per heavy atom. The second-order valence-electron chi connectivity index (χ2n) is 11.9. The van der Waals surface area contributed by atoms with Gasteiger partial charge in [0.2, 0.25) is 5.71 Å². The van der Waals surface area contributed by atoms with Gasteiger partial charge in [0.05, 0.1) is 23.3 Å². The van der Waals surface area contributed by atoms with Gasteiger partial charge in [-0.05, 0) is 77.7 Å². The van der Waals surface area contributed by atoms with Crippen molar-refractivity contribution in [3.63, 3.8) is 0 Å². The minimum atomic E-state index is -1.22. The molecule has 1 saturated carbocycles. The van der Waals surface area contributed by atoms with E-state index in [9.17, 15) is 24.6 Å². The molecule has 3 atom stereocenters. The molecule has 0 radical (unpaired) electrons. The van der Waals surface area contributed by atoms with Crippen molar-refractivity contribution in [3.05, 3.63) is 78.9 Å². The molecule has 1 aromatic heterocycles. The number of carbonyl (C=O) groups is 2. The van der Waals surface area contributed by atoms with Crippen LogP contribution in [-0.2, 0) is 23.1 Å². The number of benzene rings is 1. The summed E-state index contributed by atoms with van der Waals surface area (Å²) in [6.45, 7) is 14.5. The zero-order valence-corrected chi connectivity index (χ0v) is 26.1. The highest BCUT2D eigenvalue weighted by Crippen LogP contribution is 2.44. The van der Waals surface area contributed by atoms with Gasteiger partial charge in [-0.15, -0.1) is 0 Å². The molecular formula is C33H41N4O6+. The van der Waals surface area contributed by atoms with Crippen LogP contribution in [0.3, 0.4) is 0 Å². The minimum Gasteiger partial charge on any atom is -0.507 e. The summed E-state index contributed by atoms with van der Waals surface area (Å²) in [7, 11) is 1.57. The van der Waals surface area contributed by atoms with Gasteiger partial charge in [-0.1, -0.05) is 0 Å². The molecule has 5 rings (SSSR count). The number of amides is 1. The van der Waals surface area contributed by atoms with Crippen LogP contribution in [0, 0.1) is 27.7 Å². The van der Waals surface area contributed by atoms with Crippen LogP contribution in [0.25, 0.3) is 0 Å². The smallest absolute Gasteiger partial charge is 0.270 e. The third kappa shape index (κ3) is 4.68. The standard InChI is InChI=1S/C33H40N4O6/c1-9-37(10-2)20-11-12-22(25-28(39)26(29(25)40)24-19(6)35-36(8)31(24)41)23(15-20)34-32(42)33(7)14-13-21-18(5)27(38)16(3)17(4)30(21)43-33/h11-12,15,26,28,39H,9-10,13-14H2,1-8H3,(H2,35,38,41)/p+1/b25-22+. The van der Waals surface area contributed by atoms with Gasteiger partial charge in [-0.25, -0.2) is 4.58 Å². The lowest BCUT2D eigenvalue weighted by molar-refractivity contribution is -0.519. The lowest BCUT2D eigenvalue weighted by atomic mass is 9.69. The summed E-state index contributed by atoms with van der Waals surface area (Å²) in [5.74, 6) is -0.856. The first kappa shape index (κ1) is 30.3. The summed E-state index contributed by atoms with van der Waals surface area (Å²) >= 11 is 0. The minimum absolute atomic E-state index is 0.159. The number of rotatable bonds is 5. The predicted octanol–water partition coefficient (Wildman–Crippen LogP) is 2.82. The quantitative estimate of drug-likeness (QED) is 0.313. The van der Waals surface area contributed by atoms with Crippen molar-refractivity contribution < 1.29 is 29.1 Å². The first-order chi connectivity index (χ1) is 20.2. The van der Waals surface area contributed by atoms with E-state index < -0.39 is 17.6 Å². The zero-order valence-electron chi connectivity index (χ0n) is 26.1. The fraction of sp³-hybridized carbons (Fsp3) is 0.455. The first-order valence-electron chi connectivity index (χ1n) is 14.8. The maximum atomic E-state index is 14.0. The van der Waals surface area contributed by atoms with Crippen molar-refractivity contribution >= 4 is 17.4 Å². The number of aliphatic hydroxyl groups is 1. The number of phenols is 1. The third-order valence-corrected chi connectivity index (χ3v) is 9.41. The highest BCUT2D eigenvalue weighted by Gasteiger charge is 2.50. The van der Waals surface area contributed by atoms with Crippen LogP contribution >= 0.6 is 0 Å². The number of nitrogens with one attached hydrogen (secondary N) is 2.